The lowest BCUT2D eigenvalue weighted by molar-refractivity contribution is 0.254. The van der Waals surface area contributed by atoms with Gasteiger partial charge in [0.25, 0.3) is 0 Å². The molecule has 3 atom stereocenters. The Bertz CT molecular complexity index is 183. The van der Waals surface area contributed by atoms with Gasteiger partial charge in [0, 0.05) is 6.04 Å². The molecule has 0 spiro atoms. The van der Waals surface area contributed by atoms with Gasteiger partial charge >= 0.3 is 6.98 Å². The Labute approximate surface area is 77.4 Å². The predicted octanol–water partition coefficient (Wildman–Crippen LogP) is 2.35. The Hall–Kier alpha value is -0.185. The lowest BCUT2D eigenvalue weighted by Gasteiger charge is -2.28. The van der Waals surface area contributed by atoms with Crippen molar-refractivity contribution in [3.8, 4) is 0 Å². The summed E-state index contributed by atoms with van der Waals surface area (Å²) in [6.45, 7) is 1.86. The molecule has 0 aromatic carbocycles. The first-order valence-corrected chi connectivity index (χ1v) is 4.76. The molecule has 0 radical (unpaired) electrons. The highest BCUT2D eigenvalue weighted by molar-refractivity contribution is 6.58. The smallest absolute Gasteiger partial charge is 0.448 e. The number of halogens is 3. The van der Waals surface area contributed by atoms with E-state index in [1.807, 2.05) is 20.8 Å². The summed E-state index contributed by atoms with van der Waals surface area (Å²) in [5.74, 6) is 0.756. The first-order chi connectivity index (χ1) is 5.81. The van der Waals surface area contributed by atoms with Crippen molar-refractivity contribution in [2.24, 2.45) is 11.8 Å². The van der Waals surface area contributed by atoms with Crippen molar-refractivity contribution in [2.45, 2.75) is 26.8 Å². The van der Waals surface area contributed by atoms with Gasteiger partial charge < -0.3 is 17.8 Å². The summed E-state index contributed by atoms with van der Waals surface area (Å²) in [5.41, 5.74) is 0. The monoisotopic (exact) mass is 194 g/mol. The molecule has 78 valence electrons. The van der Waals surface area contributed by atoms with Crippen molar-refractivity contribution < 1.29 is 12.9 Å². The van der Waals surface area contributed by atoms with Crippen LogP contribution in [0, 0.1) is 11.8 Å². The molecule has 3 unspecified atom stereocenters. The minimum absolute atomic E-state index is 0.0681. The molecule has 1 fully saturated rings. The van der Waals surface area contributed by atoms with Crippen LogP contribution in [0.25, 0.3) is 0 Å². The van der Waals surface area contributed by atoms with Crippen LogP contribution in [0.1, 0.15) is 20.8 Å². The second kappa shape index (κ2) is 3.52. The normalized spacial score (nSPS) is 36.9. The van der Waals surface area contributed by atoms with Gasteiger partial charge in [-0.2, -0.15) is 0 Å². The van der Waals surface area contributed by atoms with Gasteiger partial charge in [0.1, 0.15) is 0 Å². The molecule has 0 N–H and O–H groups in total. The van der Waals surface area contributed by atoms with E-state index in [1.54, 1.807) is 4.90 Å². The zero-order valence-corrected chi connectivity index (χ0v) is 8.30. The lowest BCUT2D eigenvalue weighted by atomic mass is 9.90. The number of likely N-dealkylation sites (tertiary alicyclic amines) is 1. The van der Waals surface area contributed by atoms with Crippen LogP contribution in [0.3, 0.4) is 0 Å². The molecule has 0 aromatic heterocycles. The van der Waals surface area contributed by atoms with E-state index in [4.69, 9.17) is 0 Å². The summed E-state index contributed by atoms with van der Waals surface area (Å²) in [7, 11) is 0. The van der Waals surface area contributed by atoms with Crippen molar-refractivity contribution in [3.63, 3.8) is 0 Å². The van der Waals surface area contributed by atoms with E-state index in [9.17, 15) is 12.9 Å². The number of hydrogen-bond acceptors (Lipinski definition) is 1. The number of nitrogens with zero attached hydrogens (tertiary/aromatic N) is 1. The molecule has 1 nitrogen and oxygen atoms in total. The molecule has 1 heterocycles. The maximum atomic E-state index is 12.2. The molecule has 0 saturated carbocycles. The lowest BCUT2D eigenvalue weighted by Crippen LogP contribution is -2.40. The Morgan fingerprint density at radius 1 is 1.23 bits per heavy atom. The van der Waals surface area contributed by atoms with Crippen LogP contribution in [-0.4, -0.2) is 30.9 Å². The van der Waals surface area contributed by atoms with Crippen molar-refractivity contribution in [3.05, 3.63) is 0 Å². The molecule has 0 aliphatic carbocycles. The first kappa shape index (κ1) is 10.9. The van der Waals surface area contributed by atoms with Crippen molar-refractivity contribution >= 4 is 6.98 Å². The maximum Gasteiger partial charge on any atom is 0.492 e. The van der Waals surface area contributed by atoms with Gasteiger partial charge in [-0.05, 0) is 31.7 Å². The zero-order chi connectivity index (χ0) is 10.2. The second-order valence-electron chi connectivity index (χ2n) is 4.24. The summed E-state index contributed by atoms with van der Waals surface area (Å²) < 4.78 is 36.5. The van der Waals surface area contributed by atoms with Crippen molar-refractivity contribution in [2.75, 3.05) is 13.0 Å². The van der Waals surface area contributed by atoms with Crippen LogP contribution < -0.4 is 0 Å². The third-order valence-corrected chi connectivity index (χ3v) is 3.20. The fourth-order valence-corrected chi connectivity index (χ4v) is 2.02. The quantitative estimate of drug-likeness (QED) is 0.610. The largest absolute Gasteiger partial charge is 0.492 e. The summed E-state index contributed by atoms with van der Waals surface area (Å²) in [6.07, 6.45) is -0.699. The van der Waals surface area contributed by atoms with Gasteiger partial charge in [-0.15, -0.1) is 0 Å². The highest BCUT2D eigenvalue weighted by Crippen LogP contribution is 2.30. The minimum atomic E-state index is -4.66. The minimum Gasteiger partial charge on any atom is -0.448 e. The highest BCUT2D eigenvalue weighted by atomic mass is 19.4. The van der Waals surface area contributed by atoms with E-state index in [0.717, 1.165) is 0 Å². The Morgan fingerprint density at radius 3 is 2.08 bits per heavy atom. The van der Waals surface area contributed by atoms with Crippen molar-refractivity contribution in [1.82, 2.24) is 4.90 Å². The average molecular weight is 194 g/mol. The molecule has 13 heavy (non-hydrogen) atoms. The SMILES string of the molecule is CC1CN(C[B-](F)(F)F)C(C)C1C. The Morgan fingerprint density at radius 2 is 1.77 bits per heavy atom. The molecule has 1 rings (SSSR count). The van der Waals surface area contributed by atoms with Crippen LogP contribution in [0.5, 0.6) is 0 Å². The zero-order valence-electron chi connectivity index (χ0n) is 8.30. The topological polar surface area (TPSA) is 3.24 Å². The van der Waals surface area contributed by atoms with Crippen LogP contribution in [-0.2, 0) is 0 Å². The fraction of sp³-hybridized carbons (Fsp3) is 1.00. The Balaban J connectivity index is 2.54. The summed E-state index contributed by atoms with van der Waals surface area (Å²) >= 11 is 0. The summed E-state index contributed by atoms with van der Waals surface area (Å²) in [6, 6.07) is 0.0681. The molecule has 1 aliphatic rings. The summed E-state index contributed by atoms with van der Waals surface area (Å²) in [4.78, 5) is 1.55. The van der Waals surface area contributed by atoms with Crippen LogP contribution >= 0.6 is 0 Å². The average Bonchev–Trinajstić information content (AvgIpc) is 2.15. The second-order valence-corrected chi connectivity index (χ2v) is 4.24. The van der Waals surface area contributed by atoms with Crippen molar-refractivity contribution in [1.29, 1.82) is 0 Å². The maximum absolute atomic E-state index is 12.2. The molecule has 0 aromatic rings. The fourth-order valence-electron chi connectivity index (χ4n) is 2.02. The predicted molar refractivity (Wildman–Crippen MR) is 48.4 cm³/mol. The van der Waals surface area contributed by atoms with E-state index in [1.165, 1.54) is 0 Å². The van der Waals surface area contributed by atoms with E-state index in [2.05, 4.69) is 0 Å². The van der Waals surface area contributed by atoms with E-state index in [-0.39, 0.29) is 6.04 Å². The van der Waals surface area contributed by atoms with Crippen LogP contribution in [0.15, 0.2) is 0 Å². The molecular weight excluding hydrogens is 178 g/mol. The van der Waals surface area contributed by atoms with Crippen LogP contribution in [0.4, 0.5) is 12.9 Å². The summed E-state index contributed by atoms with van der Waals surface area (Å²) in [5, 5.41) is 0. The third-order valence-electron chi connectivity index (χ3n) is 3.20. The van der Waals surface area contributed by atoms with Gasteiger partial charge in [-0.25, -0.2) is 0 Å². The first-order valence-electron chi connectivity index (χ1n) is 4.76. The van der Waals surface area contributed by atoms with E-state index < -0.39 is 13.4 Å². The third kappa shape index (κ3) is 2.63. The molecule has 5 heteroatoms. The van der Waals surface area contributed by atoms with Gasteiger partial charge in [0.05, 0.1) is 0 Å². The number of hydrogen-bond donors (Lipinski definition) is 0. The highest BCUT2D eigenvalue weighted by Gasteiger charge is 2.37. The van der Waals surface area contributed by atoms with E-state index >= 15 is 0 Å². The standard InChI is InChI=1S/C8H16BF3N/c1-6-4-13(5-9(10,11)12)8(3)7(6)2/h6-8H,4-5H2,1-3H3/q-1. The molecular formula is C8H16BF3N-. The van der Waals surface area contributed by atoms with Gasteiger partial charge in [-0.3, -0.25) is 0 Å². The molecule has 1 aliphatic heterocycles. The molecule has 0 bridgehead atoms. The van der Waals surface area contributed by atoms with Crippen LogP contribution in [0.2, 0.25) is 0 Å². The molecule has 0 amide bonds. The van der Waals surface area contributed by atoms with Gasteiger partial charge in [-0.1, -0.05) is 13.8 Å². The van der Waals surface area contributed by atoms with Gasteiger partial charge in [0.2, 0.25) is 0 Å². The van der Waals surface area contributed by atoms with E-state index in [0.29, 0.717) is 18.4 Å². The van der Waals surface area contributed by atoms with Gasteiger partial charge in [0.15, 0.2) is 0 Å². The molecule has 1 saturated heterocycles. The Kier molecular flexibility index (Phi) is 2.95. The number of rotatable bonds is 2.